The number of amides is 2. The van der Waals surface area contributed by atoms with Crippen molar-refractivity contribution in [3.8, 4) is 33.8 Å². The SMILES string of the molecule is CCCCc1ccc(-c2ccc(C(=O)C[C@@H](CCCN)C(=O)N(C)[C@@H]3C(=O)C[C@@H](C)C(=O)N[C@H](C(=O)CC)Cc4ccc(OCCN)c(c4)-c4cc3ccc4OCCN)cc2)cc1. The molecule has 0 radical (unpaired) electrons. The van der Waals surface area contributed by atoms with Crippen molar-refractivity contribution < 1.29 is 33.4 Å². The summed E-state index contributed by atoms with van der Waals surface area (Å²) in [6, 6.07) is 24.7. The van der Waals surface area contributed by atoms with Gasteiger partial charge >= 0.3 is 0 Å². The second-order valence-corrected chi connectivity index (χ2v) is 16.5. The van der Waals surface area contributed by atoms with E-state index in [2.05, 4.69) is 36.5 Å². The van der Waals surface area contributed by atoms with Crippen molar-refractivity contribution in [2.45, 2.75) is 90.6 Å². The molecule has 2 amide bonds. The number of aryl methyl sites for hydroxylation is 1. The smallest absolute Gasteiger partial charge is 0.226 e. The van der Waals surface area contributed by atoms with Gasteiger partial charge in [0.15, 0.2) is 17.3 Å². The molecule has 12 heteroatoms. The van der Waals surface area contributed by atoms with Crippen LogP contribution < -0.4 is 32.0 Å². The molecule has 336 valence electrons. The zero-order valence-corrected chi connectivity index (χ0v) is 37.3. The van der Waals surface area contributed by atoms with Crippen molar-refractivity contribution in [3.63, 3.8) is 0 Å². The van der Waals surface area contributed by atoms with Crippen LogP contribution in [0.15, 0.2) is 84.9 Å². The van der Waals surface area contributed by atoms with Gasteiger partial charge in [-0.25, -0.2) is 0 Å². The van der Waals surface area contributed by atoms with Gasteiger partial charge in [-0.2, -0.15) is 0 Å². The number of nitrogens with one attached hydrogen (secondary N) is 1. The number of Topliss-reactive ketones (excluding diaryl/α,β-unsaturated/α-hetero) is 3. The molecule has 0 spiro atoms. The molecular weight excluding hydrogens is 795 g/mol. The predicted molar refractivity (Wildman–Crippen MR) is 247 cm³/mol. The van der Waals surface area contributed by atoms with Crippen LogP contribution in [0.2, 0.25) is 0 Å². The lowest BCUT2D eigenvalue weighted by atomic mass is 9.88. The summed E-state index contributed by atoms with van der Waals surface area (Å²) < 4.78 is 12.3. The summed E-state index contributed by atoms with van der Waals surface area (Å²) in [7, 11) is 1.56. The molecular formula is C51H65N5O7. The summed E-state index contributed by atoms with van der Waals surface area (Å²) in [6.45, 7) is 6.79. The Morgan fingerprint density at radius 1 is 0.778 bits per heavy atom. The van der Waals surface area contributed by atoms with Crippen molar-refractivity contribution in [2.75, 3.05) is 39.9 Å². The maximum absolute atomic E-state index is 14.8. The van der Waals surface area contributed by atoms with Gasteiger partial charge in [0.05, 0.1) is 6.04 Å². The molecule has 4 aromatic rings. The first-order chi connectivity index (χ1) is 30.4. The highest BCUT2D eigenvalue weighted by molar-refractivity contribution is 6.00. The van der Waals surface area contributed by atoms with Crippen molar-refractivity contribution in [3.05, 3.63) is 107 Å². The van der Waals surface area contributed by atoms with E-state index in [1.165, 1.54) is 10.5 Å². The fraction of sp³-hybridized carbons (Fsp3) is 0.431. The zero-order valence-electron chi connectivity index (χ0n) is 37.3. The zero-order chi connectivity index (χ0) is 45.5. The summed E-state index contributed by atoms with van der Waals surface area (Å²) in [5, 5.41) is 2.91. The average molecular weight is 860 g/mol. The van der Waals surface area contributed by atoms with Crippen LogP contribution in [0.3, 0.4) is 0 Å². The van der Waals surface area contributed by atoms with E-state index < -0.39 is 41.5 Å². The fourth-order valence-corrected chi connectivity index (χ4v) is 8.13. The summed E-state index contributed by atoms with van der Waals surface area (Å²) in [6.07, 6.45) is 4.22. The molecule has 5 rings (SSSR count). The van der Waals surface area contributed by atoms with Crippen LogP contribution in [0.25, 0.3) is 22.3 Å². The first-order valence-electron chi connectivity index (χ1n) is 22.4. The van der Waals surface area contributed by atoms with Crippen LogP contribution in [-0.4, -0.2) is 80.0 Å². The molecule has 12 nitrogen and oxygen atoms in total. The van der Waals surface area contributed by atoms with E-state index in [1.54, 1.807) is 57.3 Å². The predicted octanol–water partition coefficient (Wildman–Crippen LogP) is 6.78. The van der Waals surface area contributed by atoms with Crippen molar-refractivity contribution in [1.82, 2.24) is 10.2 Å². The fourth-order valence-electron chi connectivity index (χ4n) is 8.13. The number of likely N-dealkylation sites (N-methyl/N-ethyl adjacent to an activating group) is 1. The topological polar surface area (TPSA) is 197 Å². The van der Waals surface area contributed by atoms with Crippen molar-refractivity contribution >= 4 is 29.2 Å². The second kappa shape index (κ2) is 23.7. The molecule has 4 atom stereocenters. The Hall–Kier alpha value is -5.69. The maximum Gasteiger partial charge on any atom is 0.226 e. The number of hydrogen-bond donors (Lipinski definition) is 4. The molecule has 0 saturated carbocycles. The molecule has 63 heavy (non-hydrogen) atoms. The summed E-state index contributed by atoms with van der Waals surface area (Å²) in [4.78, 5) is 71.8. The number of nitrogens with zero attached hydrogens (tertiary/aromatic N) is 1. The van der Waals surface area contributed by atoms with Gasteiger partial charge < -0.3 is 36.9 Å². The molecule has 1 aliphatic rings. The highest BCUT2D eigenvalue weighted by Crippen LogP contribution is 2.41. The first kappa shape index (κ1) is 48.3. The molecule has 1 heterocycles. The Morgan fingerprint density at radius 3 is 2.00 bits per heavy atom. The van der Waals surface area contributed by atoms with Gasteiger partial charge in [-0.05, 0) is 90.7 Å². The Labute approximate surface area is 372 Å². The van der Waals surface area contributed by atoms with E-state index in [-0.39, 0.29) is 63.6 Å². The van der Waals surface area contributed by atoms with Gasteiger partial charge in [0.25, 0.3) is 0 Å². The number of carbonyl (C=O) groups excluding carboxylic acids is 5. The lowest BCUT2D eigenvalue weighted by molar-refractivity contribution is -0.142. The van der Waals surface area contributed by atoms with Gasteiger partial charge in [-0.15, -0.1) is 0 Å². The van der Waals surface area contributed by atoms with Gasteiger partial charge in [0.1, 0.15) is 30.8 Å². The monoisotopic (exact) mass is 859 g/mol. The minimum Gasteiger partial charge on any atom is -0.492 e. The molecule has 0 saturated heterocycles. The quantitative estimate of drug-likeness (QED) is 0.0688. The number of benzene rings is 4. The van der Waals surface area contributed by atoms with E-state index in [1.807, 2.05) is 24.3 Å². The van der Waals surface area contributed by atoms with Crippen molar-refractivity contribution in [2.24, 2.45) is 29.0 Å². The molecule has 0 unspecified atom stereocenters. The number of ether oxygens (including phenoxy) is 2. The van der Waals surface area contributed by atoms with Gasteiger partial charge in [0.2, 0.25) is 11.8 Å². The third kappa shape index (κ3) is 12.7. The highest BCUT2D eigenvalue weighted by Gasteiger charge is 2.36. The summed E-state index contributed by atoms with van der Waals surface area (Å²) in [5.74, 6) is -2.26. The normalized spacial score (nSPS) is 17.0. The second-order valence-electron chi connectivity index (χ2n) is 16.5. The third-order valence-corrected chi connectivity index (χ3v) is 11.7. The molecule has 0 aromatic heterocycles. The van der Waals surface area contributed by atoms with Gasteiger partial charge in [-0.3, -0.25) is 24.0 Å². The molecule has 4 bridgehead atoms. The Morgan fingerprint density at radius 2 is 1.40 bits per heavy atom. The molecule has 0 aliphatic carbocycles. The third-order valence-electron chi connectivity index (χ3n) is 11.7. The molecule has 4 aromatic carbocycles. The largest absolute Gasteiger partial charge is 0.492 e. The standard InChI is InChI=1S/C51H65N5O7/c1-5-7-9-34-11-14-36(15-12-34)37-16-18-38(19-17-37)45(58)32-40(10-8-23-52)51(61)56(4)49-39-20-22-48(63-27-25-54)42(31-39)41-29-35(13-21-47(41)62-26-24-53)30-43(44(57)6-2)55-50(60)33(3)28-46(49)59/h11-22,29,31,33,40,43,49H,5-10,23-28,30,32,52-54H2,1-4H3,(H,55,60)/t33-,40-,43+,49+/m1/s1. The molecule has 7 N–H and O–H groups in total. The lowest BCUT2D eigenvalue weighted by Gasteiger charge is -2.32. The highest BCUT2D eigenvalue weighted by atomic mass is 16.5. The van der Waals surface area contributed by atoms with Crippen LogP contribution in [0.1, 0.15) is 98.8 Å². The number of rotatable bonds is 20. The molecule has 1 aliphatic heterocycles. The summed E-state index contributed by atoms with van der Waals surface area (Å²) >= 11 is 0. The van der Waals surface area contributed by atoms with Gasteiger partial charge in [-0.1, -0.05) is 87.9 Å². The minimum absolute atomic E-state index is 0.0903. The first-order valence-corrected chi connectivity index (χ1v) is 22.4. The maximum atomic E-state index is 14.8. The van der Waals surface area contributed by atoms with E-state index in [0.717, 1.165) is 36.0 Å². The van der Waals surface area contributed by atoms with Crippen molar-refractivity contribution in [1.29, 1.82) is 0 Å². The van der Waals surface area contributed by atoms with Crippen LogP contribution >= 0.6 is 0 Å². The lowest BCUT2D eigenvalue weighted by Crippen LogP contribution is -2.45. The number of nitrogens with two attached hydrogens (primary N) is 3. The number of fused-ring (bicyclic) bond motifs is 5. The van der Waals surface area contributed by atoms with E-state index >= 15 is 0 Å². The minimum atomic E-state index is -1.16. The number of ketones is 3. The van der Waals surface area contributed by atoms with Gasteiger partial charge in [0, 0.05) is 67.9 Å². The number of hydrogen-bond acceptors (Lipinski definition) is 10. The van der Waals surface area contributed by atoms with Crippen LogP contribution in [-0.2, 0) is 32.0 Å². The summed E-state index contributed by atoms with van der Waals surface area (Å²) in [5.41, 5.74) is 23.9. The average Bonchev–Trinajstić information content (AvgIpc) is 3.30. The Kier molecular flexibility index (Phi) is 18.2. The Balaban J connectivity index is 1.53. The van der Waals surface area contributed by atoms with Crippen LogP contribution in [0.5, 0.6) is 11.5 Å². The molecule has 0 fully saturated rings. The van der Waals surface area contributed by atoms with E-state index in [4.69, 9.17) is 26.7 Å². The number of carbonyl (C=O) groups is 5. The number of unbranched alkanes of at least 4 members (excludes halogenated alkanes) is 1. The van der Waals surface area contributed by atoms with E-state index in [0.29, 0.717) is 53.1 Å². The van der Waals surface area contributed by atoms with E-state index in [9.17, 15) is 24.0 Å². The van der Waals surface area contributed by atoms with Crippen LogP contribution in [0.4, 0.5) is 0 Å². The Bertz CT molecular complexity index is 2190. The van der Waals surface area contributed by atoms with Crippen LogP contribution in [0, 0.1) is 11.8 Å².